The lowest BCUT2D eigenvalue weighted by Gasteiger charge is -2.06. The van der Waals surface area contributed by atoms with Gasteiger partial charge < -0.3 is 10.4 Å². The molecule has 1 aliphatic heterocycles. The molecule has 0 amide bonds. The third-order valence-electron chi connectivity index (χ3n) is 2.84. The fourth-order valence-electron chi connectivity index (χ4n) is 1.97. The summed E-state index contributed by atoms with van der Waals surface area (Å²) in [6, 6.07) is 0. The van der Waals surface area contributed by atoms with Gasteiger partial charge in [0, 0.05) is 19.5 Å². The number of nitrogens with zero attached hydrogens (tertiary/aromatic N) is 2. The van der Waals surface area contributed by atoms with Crippen molar-refractivity contribution in [2.24, 2.45) is 13.0 Å². The third-order valence-corrected chi connectivity index (χ3v) is 2.84. The summed E-state index contributed by atoms with van der Waals surface area (Å²) in [6.07, 6.45) is 2.09. The average molecular weight is 223 g/mol. The first-order valence-electron chi connectivity index (χ1n) is 5.11. The summed E-state index contributed by atoms with van der Waals surface area (Å²) in [6.45, 7) is 1.42. The Morgan fingerprint density at radius 2 is 2.38 bits per heavy atom. The predicted octanol–water partition coefficient (Wildman–Crippen LogP) is -0.0895. The minimum atomic E-state index is -1.12. The molecule has 0 radical (unpaired) electrons. The van der Waals surface area contributed by atoms with Crippen molar-refractivity contribution in [3.63, 3.8) is 0 Å². The van der Waals surface area contributed by atoms with E-state index in [0.717, 1.165) is 13.0 Å². The molecule has 0 aliphatic carbocycles. The second-order valence-electron chi connectivity index (χ2n) is 3.89. The maximum atomic E-state index is 12.0. The van der Waals surface area contributed by atoms with E-state index in [4.69, 9.17) is 5.11 Å². The fraction of sp³-hybridized carbons (Fsp3) is 0.500. The van der Waals surface area contributed by atoms with Gasteiger partial charge in [0.15, 0.2) is 11.5 Å². The van der Waals surface area contributed by atoms with Crippen LogP contribution in [0.2, 0.25) is 0 Å². The van der Waals surface area contributed by atoms with E-state index in [2.05, 4.69) is 10.4 Å². The molecule has 16 heavy (non-hydrogen) atoms. The van der Waals surface area contributed by atoms with Crippen LogP contribution in [-0.2, 0) is 7.05 Å². The summed E-state index contributed by atoms with van der Waals surface area (Å²) in [5.41, 5.74) is 0.181. The molecule has 86 valence electrons. The normalized spacial score (nSPS) is 19.9. The number of hydrogen-bond acceptors (Lipinski definition) is 4. The van der Waals surface area contributed by atoms with Crippen LogP contribution in [0.25, 0.3) is 0 Å². The maximum absolute atomic E-state index is 12.0. The molecule has 6 heteroatoms. The van der Waals surface area contributed by atoms with Crippen molar-refractivity contribution in [3.05, 3.63) is 17.5 Å². The first-order chi connectivity index (χ1) is 7.61. The molecular weight excluding hydrogens is 210 g/mol. The lowest BCUT2D eigenvalue weighted by molar-refractivity contribution is 0.0678. The molecule has 1 aromatic rings. The van der Waals surface area contributed by atoms with Crippen LogP contribution >= 0.6 is 0 Å². The minimum absolute atomic E-state index is 0.0306. The monoisotopic (exact) mass is 223 g/mol. The summed E-state index contributed by atoms with van der Waals surface area (Å²) in [4.78, 5) is 23.0. The Morgan fingerprint density at radius 1 is 1.62 bits per heavy atom. The number of ketones is 1. The highest BCUT2D eigenvalue weighted by Crippen LogP contribution is 2.18. The number of carbonyl (C=O) groups is 2. The van der Waals surface area contributed by atoms with Crippen molar-refractivity contribution in [2.75, 3.05) is 13.1 Å². The molecule has 0 saturated carbocycles. The highest BCUT2D eigenvalue weighted by atomic mass is 16.4. The van der Waals surface area contributed by atoms with Gasteiger partial charge in [-0.15, -0.1) is 0 Å². The van der Waals surface area contributed by atoms with Crippen LogP contribution in [0.15, 0.2) is 6.20 Å². The second kappa shape index (κ2) is 4.05. The fourth-order valence-corrected chi connectivity index (χ4v) is 1.97. The molecule has 0 bridgehead atoms. The summed E-state index contributed by atoms with van der Waals surface area (Å²) < 4.78 is 1.22. The largest absolute Gasteiger partial charge is 0.477 e. The van der Waals surface area contributed by atoms with Gasteiger partial charge in [-0.05, 0) is 13.0 Å². The first-order valence-corrected chi connectivity index (χ1v) is 5.11. The number of carboxylic acids is 1. The molecule has 2 rings (SSSR count). The van der Waals surface area contributed by atoms with Gasteiger partial charge in [0.2, 0.25) is 0 Å². The Bertz CT molecular complexity index is 433. The van der Waals surface area contributed by atoms with E-state index in [1.54, 1.807) is 0 Å². The van der Waals surface area contributed by atoms with Crippen molar-refractivity contribution >= 4 is 11.8 Å². The molecule has 1 fully saturated rings. The molecule has 1 aliphatic rings. The van der Waals surface area contributed by atoms with E-state index < -0.39 is 5.97 Å². The molecule has 0 aromatic carbocycles. The van der Waals surface area contributed by atoms with Crippen molar-refractivity contribution < 1.29 is 14.7 Å². The van der Waals surface area contributed by atoms with Gasteiger partial charge in [0.25, 0.3) is 0 Å². The number of aromatic nitrogens is 2. The van der Waals surface area contributed by atoms with Crippen LogP contribution in [0.5, 0.6) is 0 Å². The number of rotatable bonds is 3. The van der Waals surface area contributed by atoms with Crippen molar-refractivity contribution in [3.8, 4) is 0 Å². The zero-order chi connectivity index (χ0) is 11.7. The predicted molar refractivity (Wildman–Crippen MR) is 55.5 cm³/mol. The molecule has 0 spiro atoms. The van der Waals surface area contributed by atoms with Crippen LogP contribution in [0, 0.1) is 5.92 Å². The van der Waals surface area contributed by atoms with E-state index in [9.17, 15) is 9.59 Å². The number of aromatic carboxylic acids is 1. The van der Waals surface area contributed by atoms with Crippen LogP contribution in [-0.4, -0.2) is 39.7 Å². The summed E-state index contributed by atoms with van der Waals surface area (Å²) in [7, 11) is 1.52. The topological polar surface area (TPSA) is 84.2 Å². The standard InChI is InChI=1S/C10H13N3O3/c1-13-8(10(15)16)7(5-12-13)9(14)6-2-3-11-4-6/h5-6,11H,2-4H2,1H3,(H,15,16). The Kier molecular flexibility index (Phi) is 2.74. The molecule has 2 heterocycles. The van der Waals surface area contributed by atoms with Crippen molar-refractivity contribution in [1.82, 2.24) is 15.1 Å². The van der Waals surface area contributed by atoms with Crippen LogP contribution in [0.1, 0.15) is 27.3 Å². The number of aryl methyl sites for hydroxylation is 1. The van der Waals surface area contributed by atoms with Gasteiger partial charge in [-0.1, -0.05) is 0 Å². The number of nitrogens with one attached hydrogen (secondary N) is 1. The number of Topliss-reactive ketones (excluding diaryl/α,β-unsaturated/α-hetero) is 1. The van der Waals surface area contributed by atoms with Gasteiger partial charge in [-0.3, -0.25) is 9.48 Å². The highest BCUT2D eigenvalue weighted by molar-refractivity contribution is 6.06. The van der Waals surface area contributed by atoms with Gasteiger partial charge in [-0.2, -0.15) is 5.10 Å². The van der Waals surface area contributed by atoms with Crippen LogP contribution < -0.4 is 5.32 Å². The van der Waals surface area contributed by atoms with E-state index in [1.807, 2.05) is 0 Å². The number of carbonyl (C=O) groups excluding carboxylic acids is 1. The molecular formula is C10H13N3O3. The van der Waals surface area contributed by atoms with E-state index >= 15 is 0 Å². The van der Waals surface area contributed by atoms with Crippen molar-refractivity contribution in [2.45, 2.75) is 6.42 Å². The number of carboxylic acid groups (broad SMARTS) is 1. The van der Waals surface area contributed by atoms with Gasteiger partial charge >= 0.3 is 5.97 Å². The second-order valence-corrected chi connectivity index (χ2v) is 3.89. The lowest BCUT2D eigenvalue weighted by Crippen LogP contribution is -2.20. The highest BCUT2D eigenvalue weighted by Gasteiger charge is 2.29. The SMILES string of the molecule is Cn1ncc(C(=O)C2CCNC2)c1C(=O)O. The maximum Gasteiger partial charge on any atom is 0.354 e. The van der Waals surface area contributed by atoms with Gasteiger partial charge in [-0.25, -0.2) is 4.79 Å². The molecule has 1 saturated heterocycles. The lowest BCUT2D eigenvalue weighted by atomic mass is 9.97. The molecule has 1 atom stereocenters. The quantitative estimate of drug-likeness (QED) is 0.700. The summed E-state index contributed by atoms with van der Waals surface area (Å²) >= 11 is 0. The van der Waals surface area contributed by atoms with Crippen LogP contribution in [0.4, 0.5) is 0 Å². The Balaban J connectivity index is 2.32. The zero-order valence-corrected chi connectivity index (χ0v) is 8.93. The Hall–Kier alpha value is -1.69. The van der Waals surface area contributed by atoms with E-state index in [-0.39, 0.29) is 23.0 Å². The molecule has 6 nitrogen and oxygen atoms in total. The smallest absolute Gasteiger partial charge is 0.354 e. The molecule has 1 unspecified atom stereocenters. The summed E-state index contributed by atoms with van der Waals surface area (Å²) in [5, 5.41) is 15.9. The number of hydrogen-bond donors (Lipinski definition) is 2. The summed E-state index contributed by atoms with van der Waals surface area (Å²) in [5.74, 6) is -1.37. The molecule has 1 aromatic heterocycles. The Labute approximate surface area is 92.3 Å². The molecule has 2 N–H and O–H groups in total. The average Bonchev–Trinajstić information content (AvgIpc) is 2.84. The van der Waals surface area contributed by atoms with Gasteiger partial charge in [0.05, 0.1) is 11.8 Å². The first kappa shape index (κ1) is 10.8. The minimum Gasteiger partial charge on any atom is -0.477 e. The Morgan fingerprint density at radius 3 is 2.94 bits per heavy atom. The van der Waals surface area contributed by atoms with Crippen molar-refractivity contribution in [1.29, 1.82) is 0 Å². The van der Waals surface area contributed by atoms with E-state index in [0.29, 0.717) is 6.54 Å². The van der Waals surface area contributed by atoms with Crippen LogP contribution in [0.3, 0.4) is 0 Å². The van der Waals surface area contributed by atoms with Gasteiger partial charge in [0.1, 0.15) is 0 Å². The zero-order valence-electron chi connectivity index (χ0n) is 8.93. The third kappa shape index (κ3) is 1.71. The van der Waals surface area contributed by atoms with E-state index in [1.165, 1.54) is 17.9 Å².